The molecule has 6 heteroatoms. The summed E-state index contributed by atoms with van der Waals surface area (Å²) in [6, 6.07) is 0. The van der Waals surface area contributed by atoms with Gasteiger partial charge in [-0.1, -0.05) is 6.92 Å². The summed E-state index contributed by atoms with van der Waals surface area (Å²) in [7, 11) is 3.26. The molecule has 1 atom stereocenters. The second-order valence-electron chi connectivity index (χ2n) is 4.83. The molecule has 6 nitrogen and oxygen atoms in total. The molecule has 0 rings (SSSR count). The number of likely N-dealkylation sites (N-methyl/N-ethyl adjacent to an activating group) is 1. The molecule has 0 saturated heterocycles. The van der Waals surface area contributed by atoms with Crippen molar-refractivity contribution in [1.82, 2.24) is 10.2 Å². The van der Waals surface area contributed by atoms with Crippen LogP contribution in [0.15, 0.2) is 0 Å². The lowest BCUT2D eigenvalue weighted by atomic mass is 10.1. The Morgan fingerprint density at radius 2 is 2.11 bits per heavy atom. The van der Waals surface area contributed by atoms with E-state index in [1.807, 2.05) is 6.92 Å². The third-order valence-corrected chi connectivity index (χ3v) is 2.91. The Kier molecular flexibility index (Phi) is 10.1. The molecule has 0 fully saturated rings. The molecule has 0 aliphatic heterocycles. The number of nitrogens with zero attached hydrogens (tertiary/aromatic N) is 1. The monoisotopic (exact) mass is 273 g/mol. The van der Waals surface area contributed by atoms with Crippen LogP contribution >= 0.6 is 0 Å². The lowest BCUT2D eigenvalue weighted by Gasteiger charge is -2.17. The standard InChI is InChI=1S/C13H27N3O3/c1-11(9-14)5-6-13(18)16(2)10-12(17)15-7-4-8-19-3/h11H,4-10,14H2,1-3H3,(H,15,17). The molecule has 0 aromatic rings. The van der Waals surface area contributed by atoms with E-state index in [1.165, 1.54) is 4.90 Å². The minimum atomic E-state index is -0.140. The van der Waals surface area contributed by atoms with Crippen molar-refractivity contribution in [3.8, 4) is 0 Å². The summed E-state index contributed by atoms with van der Waals surface area (Å²) in [5.74, 6) is 0.173. The Morgan fingerprint density at radius 3 is 2.68 bits per heavy atom. The van der Waals surface area contributed by atoms with Gasteiger partial charge in [0.2, 0.25) is 11.8 Å². The minimum absolute atomic E-state index is 0.0210. The molecule has 2 amide bonds. The van der Waals surface area contributed by atoms with E-state index in [4.69, 9.17) is 10.5 Å². The van der Waals surface area contributed by atoms with Crippen molar-refractivity contribution in [1.29, 1.82) is 0 Å². The van der Waals surface area contributed by atoms with Gasteiger partial charge in [-0.25, -0.2) is 0 Å². The summed E-state index contributed by atoms with van der Waals surface area (Å²) in [6.07, 6.45) is 1.97. The Bertz CT molecular complexity index is 272. The van der Waals surface area contributed by atoms with Crippen molar-refractivity contribution in [2.24, 2.45) is 11.7 Å². The van der Waals surface area contributed by atoms with Crippen molar-refractivity contribution >= 4 is 11.8 Å². The minimum Gasteiger partial charge on any atom is -0.385 e. The topological polar surface area (TPSA) is 84.7 Å². The summed E-state index contributed by atoms with van der Waals surface area (Å²) in [5.41, 5.74) is 5.50. The summed E-state index contributed by atoms with van der Waals surface area (Å²) < 4.78 is 4.88. The molecule has 19 heavy (non-hydrogen) atoms. The van der Waals surface area contributed by atoms with Crippen LogP contribution in [0.1, 0.15) is 26.2 Å². The average molecular weight is 273 g/mol. The highest BCUT2D eigenvalue weighted by Gasteiger charge is 2.13. The first kappa shape index (κ1) is 17.9. The van der Waals surface area contributed by atoms with Crippen LogP contribution in [0.3, 0.4) is 0 Å². The van der Waals surface area contributed by atoms with Crippen LogP contribution < -0.4 is 11.1 Å². The number of ether oxygens (including phenoxy) is 1. The number of carbonyl (C=O) groups is 2. The van der Waals surface area contributed by atoms with Gasteiger partial charge in [-0.15, -0.1) is 0 Å². The average Bonchev–Trinajstić information content (AvgIpc) is 2.40. The molecule has 0 bridgehead atoms. The zero-order chi connectivity index (χ0) is 14.7. The van der Waals surface area contributed by atoms with Crippen LogP contribution in [0, 0.1) is 5.92 Å². The number of carbonyl (C=O) groups excluding carboxylic acids is 2. The first-order chi connectivity index (χ1) is 9.01. The molecule has 0 aliphatic carbocycles. The highest BCUT2D eigenvalue weighted by molar-refractivity contribution is 5.84. The molecule has 0 aliphatic rings. The van der Waals surface area contributed by atoms with Gasteiger partial charge >= 0.3 is 0 Å². The number of rotatable bonds is 10. The van der Waals surface area contributed by atoms with Gasteiger partial charge in [0.25, 0.3) is 0 Å². The number of methoxy groups -OCH3 is 1. The highest BCUT2D eigenvalue weighted by Crippen LogP contribution is 2.05. The van der Waals surface area contributed by atoms with Gasteiger partial charge in [0.1, 0.15) is 0 Å². The maximum atomic E-state index is 11.8. The summed E-state index contributed by atoms with van der Waals surface area (Å²) in [4.78, 5) is 24.8. The van der Waals surface area contributed by atoms with Gasteiger partial charge in [-0.2, -0.15) is 0 Å². The van der Waals surface area contributed by atoms with E-state index in [1.54, 1.807) is 14.2 Å². The number of hydrogen-bond donors (Lipinski definition) is 2. The normalized spacial score (nSPS) is 12.0. The van der Waals surface area contributed by atoms with Crippen LogP contribution in [0.5, 0.6) is 0 Å². The quantitative estimate of drug-likeness (QED) is 0.548. The van der Waals surface area contributed by atoms with Crippen molar-refractivity contribution in [3.05, 3.63) is 0 Å². The van der Waals surface area contributed by atoms with Gasteiger partial charge in [-0.05, 0) is 25.3 Å². The fourth-order valence-corrected chi connectivity index (χ4v) is 1.48. The number of nitrogens with two attached hydrogens (primary N) is 1. The lowest BCUT2D eigenvalue weighted by Crippen LogP contribution is -2.38. The van der Waals surface area contributed by atoms with E-state index >= 15 is 0 Å². The zero-order valence-electron chi connectivity index (χ0n) is 12.3. The SMILES string of the molecule is COCCCNC(=O)CN(C)C(=O)CCC(C)CN. The first-order valence-corrected chi connectivity index (χ1v) is 6.70. The van der Waals surface area contributed by atoms with Crippen LogP contribution in [-0.4, -0.2) is 57.1 Å². The third-order valence-electron chi connectivity index (χ3n) is 2.91. The Hall–Kier alpha value is -1.14. The predicted molar refractivity (Wildman–Crippen MR) is 74.6 cm³/mol. The van der Waals surface area contributed by atoms with E-state index in [0.29, 0.717) is 32.0 Å². The van der Waals surface area contributed by atoms with Crippen LogP contribution in [0.2, 0.25) is 0 Å². The number of hydrogen-bond acceptors (Lipinski definition) is 4. The maximum Gasteiger partial charge on any atom is 0.239 e. The van der Waals surface area contributed by atoms with E-state index in [2.05, 4.69) is 5.32 Å². The summed E-state index contributed by atoms with van der Waals surface area (Å²) in [6.45, 7) is 3.88. The molecule has 3 N–H and O–H groups in total. The first-order valence-electron chi connectivity index (χ1n) is 6.70. The van der Waals surface area contributed by atoms with Crippen LogP contribution in [0.4, 0.5) is 0 Å². The molecule has 0 saturated carbocycles. The molecular formula is C13H27N3O3. The van der Waals surface area contributed by atoms with Gasteiger partial charge in [0.05, 0.1) is 6.54 Å². The van der Waals surface area contributed by atoms with E-state index < -0.39 is 0 Å². The van der Waals surface area contributed by atoms with Gasteiger partial charge in [0, 0.05) is 33.7 Å². The zero-order valence-corrected chi connectivity index (χ0v) is 12.3. The predicted octanol–water partition coefficient (Wildman–Crippen LogP) is -0.0275. The van der Waals surface area contributed by atoms with Crippen LogP contribution in [0.25, 0.3) is 0 Å². The second-order valence-corrected chi connectivity index (χ2v) is 4.83. The molecule has 0 radical (unpaired) electrons. The second kappa shape index (κ2) is 10.8. The van der Waals surface area contributed by atoms with Crippen molar-refractivity contribution in [3.63, 3.8) is 0 Å². The maximum absolute atomic E-state index is 11.8. The van der Waals surface area contributed by atoms with Crippen molar-refractivity contribution in [2.75, 3.05) is 40.4 Å². The summed E-state index contributed by atoms with van der Waals surface area (Å²) in [5, 5.41) is 2.75. The Labute approximate surface area is 115 Å². The van der Waals surface area contributed by atoms with Crippen molar-refractivity contribution < 1.29 is 14.3 Å². The highest BCUT2D eigenvalue weighted by atomic mass is 16.5. The largest absolute Gasteiger partial charge is 0.385 e. The smallest absolute Gasteiger partial charge is 0.239 e. The molecule has 0 aromatic carbocycles. The molecule has 0 spiro atoms. The van der Waals surface area contributed by atoms with Gasteiger partial charge < -0.3 is 20.7 Å². The molecule has 0 aromatic heterocycles. The fourth-order valence-electron chi connectivity index (χ4n) is 1.48. The Balaban J connectivity index is 3.78. The van der Waals surface area contributed by atoms with E-state index in [-0.39, 0.29) is 18.4 Å². The molecule has 0 heterocycles. The Morgan fingerprint density at radius 1 is 1.42 bits per heavy atom. The third kappa shape index (κ3) is 9.44. The molecule has 1 unspecified atom stereocenters. The summed E-state index contributed by atoms with van der Waals surface area (Å²) >= 11 is 0. The fraction of sp³-hybridized carbons (Fsp3) is 0.846. The van der Waals surface area contributed by atoms with Crippen molar-refractivity contribution in [2.45, 2.75) is 26.2 Å². The van der Waals surface area contributed by atoms with E-state index in [0.717, 1.165) is 12.8 Å². The van der Waals surface area contributed by atoms with E-state index in [9.17, 15) is 9.59 Å². The van der Waals surface area contributed by atoms with Gasteiger partial charge in [0.15, 0.2) is 0 Å². The molecule has 112 valence electrons. The molecular weight excluding hydrogens is 246 g/mol. The number of nitrogens with one attached hydrogen (secondary N) is 1. The van der Waals surface area contributed by atoms with Crippen LogP contribution in [-0.2, 0) is 14.3 Å². The lowest BCUT2D eigenvalue weighted by molar-refractivity contribution is -0.134. The number of amides is 2. The van der Waals surface area contributed by atoms with Gasteiger partial charge in [-0.3, -0.25) is 9.59 Å².